The van der Waals surface area contributed by atoms with Crippen molar-refractivity contribution in [3.8, 4) is 17.6 Å². The van der Waals surface area contributed by atoms with E-state index >= 15 is 0 Å². The van der Waals surface area contributed by atoms with Crippen LogP contribution in [0.3, 0.4) is 0 Å². The summed E-state index contributed by atoms with van der Waals surface area (Å²) in [5.41, 5.74) is 20.4. The summed E-state index contributed by atoms with van der Waals surface area (Å²) in [4.78, 5) is 12.1. The van der Waals surface area contributed by atoms with Crippen LogP contribution < -0.4 is 31.6 Å². The summed E-state index contributed by atoms with van der Waals surface area (Å²) in [6.45, 7) is 10.5. The lowest BCUT2D eigenvalue weighted by Gasteiger charge is -2.16. The third-order valence-corrected chi connectivity index (χ3v) is 9.35. The van der Waals surface area contributed by atoms with Crippen molar-refractivity contribution in [2.24, 2.45) is 11.5 Å². The molecule has 0 unspecified atom stereocenters. The lowest BCUT2D eigenvalue weighted by Crippen LogP contribution is -2.11. The highest BCUT2D eigenvalue weighted by Crippen LogP contribution is 2.30. The number of aryl methyl sites for hydroxylation is 2. The first kappa shape index (κ1) is 43.3. The molecule has 0 atom stereocenters. The van der Waals surface area contributed by atoms with Crippen molar-refractivity contribution in [2.75, 3.05) is 10.6 Å². The minimum Gasteiger partial charge on any atom is -0.487 e. The van der Waals surface area contributed by atoms with Gasteiger partial charge in [0.15, 0.2) is 5.69 Å². The molecule has 0 saturated carbocycles. The number of pyridine rings is 2. The molecule has 2 heterocycles. The zero-order valence-electron chi connectivity index (χ0n) is 33.2. The molecule has 6 aromatic rings. The van der Waals surface area contributed by atoms with Gasteiger partial charge >= 0.3 is 0 Å². The van der Waals surface area contributed by atoms with Crippen LogP contribution in [0.5, 0.6) is 11.5 Å². The fourth-order valence-electron chi connectivity index (χ4n) is 5.91. The monoisotopic (exact) mass is 806 g/mol. The lowest BCUT2D eigenvalue weighted by atomic mass is 10.1. The second kappa shape index (κ2) is 21.1. The van der Waals surface area contributed by atoms with Crippen LogP contribution in [0.2, 0.25) is 0 Å². The number of halogens is 2. The first-order chi connectivity index (χ1) is 29.0. The number of nitrogen functional groups attached to an aromatic ring is 2. The molecule has 304 valence electrons. The van der Waals surface area contributed by atoms with E-state index in [4.69, 9.17) is 43.6 Å². The summed E-state index contributed by atoms with van der Waals surface area (Å²) in [6, 6.07) is 30.5. The van der Waals surface area contributed by atoms with E-state index in [0.29, 0.717) is 80.6 Å². The van der Waals surface area contributed by atoms with Crippen molar-refractivity contribution in [3.63, 3.8) is 0 Å². The van der Waals surface area contributed by atoms with Gasteiger partial charge in [0, 0.05) is 59.1 Å². The number of aromatic nitrogens is 2. The molecule has 0 saturated heterocycles. The molecule has 2 aromatic heterocycles. The third-order valence-electron chi connectivity index (χ3n) is 9.35. The lowest BCUT2D eigenvalue weighted by molar-refractivity contribution is 0.293. The molecule has 0 amide bonds. The molecule has 60 heavy (non-hydrogen) atoms. The maximum Gasteiger partial charge on any atom is 0.187 e. The molecular weight excluding hydrogens is 763 g/mol. The molecule has 0 aliphatic carbocycles. The molecule has 0 aliphatic heterocycles. The topological polar surface area (TPSA) is 196 Å². The number of amidine groups is 2. The minimum atomic E-state index is -0.678. The quantitative estimate of drug-likeness (QED) is 0.0314. The maximum atomic E-state index is 14.0. The smallest absolute Gasteiger partial charge is 0.187 e. The number of anilines is 2. The average molecular weight is 807 g/mol. The number of hydrogen-bond acceptors (Lipinski definition) is 9. The fourth-order valence-corrected chi connectivity index (χ4v) is 5.91. The molecule has 14 heteroatoms. The van der Waals surface area contributed by atoms with Gasteiger partial charge in [0.05, 0.1) is 29.6 Å². The van der Waals surface area contributed by atoms with Gasteiger partial charge in [-0.1, -0.05) is 48.5 Å². The van der Waals surface area contributed by atoms with Gasteiger partial charge in [-0.3, -0.25) is 20.8 Å². The van der Waals surface area contributed by atoms with E-state index in [1.54, 1.807) is 86.9 Å². The SMILES string of the molecule is Cc1ncc(CNc2ccc(C(=N)N)cc2)c(CF)c1OCc1ccc(C(=N)N)cc1.[C-]#[N+]c1ccc(COc2c(C)ncc(CNc3ccc(C#N)cc3)c2CF)cc1. The molecule has 8 N–H and O–H groups in total. The Morgan fingerprint density at radius 2 is 1.08 bits per heavy atom. The van der Waals surface area contributed by atoms with Crippen molar-refractivity contribution in [1.29, 1.82) is 16.1 Å². The minimum absolute atomic E-state index is 0.00311. The van der Waals surface area contributed by atoms with Crippen LogP contribution in [0.1, 0.15) is 61.5 Å². The highest BCUT2D eigenvalue weighted by Gasteiger charge is 2.16. The van der Waals surface area contributed by atoms with Crippen LogP contribution in [-0.2, 0) is 39.7 Å². The number of nitriles is 1. The van der Waals surface area contributed by atoms with Gasteiger partial charge in [-0.15, -0.1) is 0 Å². The zero-order chi connectivity index (χ0) is 43.0. The first-order valence-electron chi connectivity index (χ1n) is 18.7. The zero-order valence-corrected chi connectivity index (χ0v) is 33.2. The maximum absolute atomic E-state index is 14.0. The second-order valence-corrected chi connectivity index (χ2v) is 13.5. The Hall–Kier alpha value is -7.84. The molecule has 0 bridgehead atoms. The van der Waals surface area contributed by atoms with Crippen LogP contribution >= 0.6 is 0 Å². The van der Waals surface area contributed by atoms with E-state index in [9.17, 15) is 8.78 Å². The number of nitrogens with two attached hydrogens (primary N) is 2. The average Bonchev–Trinajstić information content (AvgIpc) is 3.27. The number of alkyl halides is 2. The van der Waals surface area contributed by atoms with Crippen molar-refractivity contribution in [1.82, 2.24) is 9.97 Å². The normalized spacial score (nSPS) is 10.3. The van der Waals surface area contributed by atoms with Crippen molar-refractivity contribution < 1.29 is 18.3 Å². The Balaban J connectivity index is 0.000000228. The van der Waals surface area contributed by atoms with Gasteiger partial charge in [0.2, 0.25) is 0 Å². The van der Waals surface area contributed by atoms with Gasteiger partial charge in [-0.2, -0.15) is 5.26 Å². The van der Waals surface area contributed by atoms with Gasteiger partial charge in [-0.25, -0.2) is 13.6 Å². The van der Waals surface area contributed by atoms with Gasteiger partial charge < -0.3 is 31.6 Å². The fraction of sp³-hybridized carbons (Fsp3) is 0.174. The molecule has 0 fully saturated rings. The summed E-state index contributed by atoms with van der Waals surface area (Å²) < 4.78 is 39.6. The highest BCUT2D eigenvalue weighted by atomic mass is 19.1. The third kappa shape index (κ3) is 11.6. The number of nitrogens with one attached hydrogen (secondary N) is 4. The van der Waals surface area contributed by atoms with Crippen LogP contribution in [-0.4, -0.2) is 21.6 Å². The van der Waals surface area contributed by atoms with E-state index < -0.39 is 13.3 Å². The second-order valence-electron chi connectivity index (χ2n) is 13.5. The Morgan fingerprint density at radius 3 is 1.47 bits per heavy atom. The van der Waals surface area contributed by atoms with Crippen LogP contribution in [0.25, 0.3) is 4.85 Å². The van der Waals surface area contributed by atoms with Crippen molar-refractivity contribution in [2.45, 2.75) is 53.5 Å². The van der Waals surface area contributed by atoms with E-state index in [1.165, 1.54) is 0 Å². The predicted octanol–water partition coefficient (Wildman–Crippen LogP) is 9.09. The summed E-state index contributed by atoms with van der Waals surface area (Å²) >= 11 is 0. The first-order valence-corrected chi connectivity index (χ1v) is 18.7. The predicted molar refractivity (Wildman–Crippen MR) is 230 cm³/mol. The van der Waals surface area contributed by atoms with Gasteiger partial charge in [-0.05, 0) is 84.6 Å². The Morgan fingerprint density at radius 1 is 0.683 bits per heavy atom. The van der Waals surface area contributed by atoms with E-state index in [2.05, 4.69) is 31.5 Å². The molecule has 0 aliphatic rings. The number of benzene rings is 4. The van der Waals surface area contributed by atoms with Gasteiger partial charge in [0.25, 0.3) is 0 Å². The molecule has 0 radical (unpaired) electrons. The van der Waals surface area contributed by atoms with Gasteiger partial charge in [0.1, 0.15) is 49.7 Å². The van der Waals surface area contributed by atoms with E-state index in [-0.39, 0.29) is 24.9 Å². The summed E-state index contributed by atoms with van der Waals surface area (Å²) in [6.07, 6.45) is 3.30. The molecule has 0 spiro atoms. The number of nitrogens with zero attached hydrogens (tertiary/aromatic N) is 4. The molecule has 4 aromatic carbocycles. The Bertz CT molecular complexity index is 2500. The van der Waals surface area contributed by atoms with E-state index in [1.807, 2.05) is 36.4 Å². The van der Waals surface area contributed by atoms with Crippen LogP contribution in [0.15, 0.2) is 109 Å². The summed E-state index contributed by atoms with van der Waals surface area (Å²) in [5.74, 6) is 0.889. The number of ether oxygens (including phenoxy) is 2. The largest absolute Gasteiger partial charge is 0.487 e. The standard InChI is InChI=1S/C23H25FN6O.C23H19FN4O/c1-14-21(31-13-15-2-4-16(5-3-15)22(25)26)20(10-24)18(11-29-14)12-30-19-8-6-17(7-9-19)23(27)28;1-16-23(29-15-18-5-7-20(26-2)8-6-18)22(11-24)19(13-27-16)14-28-21-9-3-17(12-25)4-10-21/h2-9,11,30H,10,12-13H2,1H3,(H3,25,26)(H3,27,28);3-10,13,28H,11,14-15H2,1H3. The molecular formula is C46H44F2N10O2. The van der Waals surface area contributed by atoms with Crippen LogP contribution in [0.4, 0.5) is 25.8 Å². The Labute approximate surface area is 347 Å². The summed E-state index contributed by atoms with van der Waals surface area (Å²) in [7, 11) is 0. The number of hydrogen-bond donors (Lipinski definition) is 6. The van der Waals surface area contributed by atoms with Crippen LogP contribution in [0, 0.1) is 42.6 Å². The highest BCUT2D eigenvalue weighted by molar-refractivity contribution is 5.95. The molecule has 6 rings (SSSR count). The van der Waals surface area contributed by atoms with Crippen molar-refractivity contribution >= 4 is 28.7 Å². The molecule has 12 nitrogen and oxygen atoms in total. The summed E-state index contributed by atoms with van der Waals surface area (Å²) in [5, 5.41) is 30.2. The van der Waals surface area contributed by atoms with E-state index in [0.717, 1.165) is 22.5 Å². The number of rotatable bonds is 16. The van der Waals surface area contributed by atoms with Crippen molar-refractivity contribution in [3.05, 3.63) is 182 Å². The Kier molecular flexibility index (Phi) is 15.2.